The zero-order chi connectivity index (χ0) is 11.0. The summed E-state index contributed by atoms with van der Waals surface area (Å²) in [6, 6.07) is 0.627. The molecule has 0 aromatic heterocycles. The molecule has 0 rings (SSSR count). The second-order valence-corrected chi connectivity index (χ2v) is 5.61. The van der Waals surface area contributed by atoms with Gasteiger partial charge in [-0.3, -0.25) is 0 Å². The Morgan fingerprint density at radius 3 is 2.43 bits per heavy atom. The summed E-state index contributed by atoms with van der Waals surface area (Å²) < 4.78 is 0. The second kappa shape index (κ2) is 8.57. The highest BCUT2D eigenvalue weighted by atomic mass is 32.2. The Kier molecular flexibility index (Phi) is 8.73. The van der Waals surface area contributed by atoms with E-state index in [0.29, 0.717) is 11.3 Å². The Hall–Kier alpha value is 0.270. The third kappa shape index (κ3) is 7.65. The maximum Gasteiger partial charge on any atom is 0.0170 e. The average molecular weight is 218 g/mol. The molecule has 0 saturated heterocycles. The first-order valence-electron chi connectivity index (χ1n) is 5.57. The third-order valence-corrected chi connectivity index (χ3v) is 3.69. The first-order valence-corrected chi connectivity index (χ1v) is 6.62. The maximum atomic E-state index is 3.54. The van der Waals surface area contributed by atoms with E-state index in [1.807, 2.05) is 0 Å². The molecule has 0 aliphatic heterocycles. The zero-order valence-electron chi connectivity index (χ0n) is 10.3. The lowest BCUT2D eigenvalue weighted by Gasteiger charge is -2.21. The van der Waals surface area contributed by atoms with Gasteiger partial charge in [-0.1, -0.05) is 13.8 Å². The van der Waals surface area contributed by atoms with Gasteiger partial charge in [-0.05, 0) is 34.0 Å². The molecular weight excluding hydrogens is 192 g/mol. The Labute approximate surface area is 93.8 Å². The molecular formula is C11H26N2S. The van der Waals surface area contributed by atoms with Crippen LogP contribution in [-0.2, 0) is 0 Å². The predicted octanol–water partition coefficient (Wildman–Crippen LogP) is 2.06. The minimum Gasteiger partial charge on any atom is -0.313 e. The SMILES string of the molecule is CCCNC(C)C(C)SCCN(C)C. The molecule has 0 fully saturated rings. The van der Waals surface area contributed by atoms with Crippen LogP contribution in [-0.4, -0.2) is 49.1 Å². The van der Waals surface area contributed by atoms with Crippen molar-refractivity contribution in [1.29, 1.82) is 0 Å². The molecule has 0 saturated carbocycles. The van der Waals surface area contributed by atoms with Crippen molar-refractivity contribution in [3.63, 3.8) is 0 Å². The van der Waals surface area contributed by atoms with Crippen LogP contribution in [0.25, 0.3) is 0 Å². The van der Waals surface area contributed by atoms with Crippen molar-refractivity contribution in [3.8, 4) is 0 Å². The molecule has 0 radical (unpaired) electrons. The van der Waals surface area contributed by atoms with Crippen molar-refractivity contribution in [2.45, 2.75) is 38.5 Å². The van der Waals surface area contributed by atoms with Gasteiger partial charge in [0, 0.05) is 23.6 Å². The van der Waals surface area contributed by atoms with Crippen LogP contribution in [0.1, 0.15) is 27.2 Å². The minimum atomic E-state index is 0.627. The van der Waals surface area contributed by atoms with Crippen LogP contribution >= 0.6 is 11.8 Å². The van der Waals surface area contributed by atoms with Crippen LogP contribution in [0.3, 0.4) is 0 Å². The molecule has 0 bridgehead atoms. The van der Waals surface area contributed by atoms with Crippen LogP contribution in [0.2, 0.25) is 0 Å². The van der Waals surface area contributed by atoms with Crippen molar-refractivity contribution in [2.75, 3.05) is 32.9 Å². The molecule has 2 unspecified atom stereocenters. The summed E-state index contributed by atoms with van der Waals surface area (Å²) in [6.45, 7) is 9.12. The molecule has 86 valence electrons. The first kappa shape index (κ1) is 14.3. The minimum absolute atomic E-state index is 0.627. The summed E-state index contributed by atoms with van der Waals surface area (Å²) in [4.78, 5) is 2.24. The molecule has 1 N–H and O–H groups in total. The van der Waals surface area contributed by atoms with Crippen molar-refractivity contribution in [1.82, 2.24) is 10.2 Å². The topological polar surface area (TPSA) is 15.3 Å². The van der Waals surface area contributed by atoms with Gasteiger partial charge in [0.2, 0.25) is 0 Å². The molecule has 0 aromatic rings. The largest absolute Gasteiger partial charge is 0.313 e. The van der Waals surface area contributed by atoms with Crippen LogP contribution in [0, 0.1) is 0 Å². The van der Waals surface area contributed by atoms with Gasteiger partial charge in [-0.2, -0.15) is 11.8 Å². The van der Waals surface area contributed by atoms with Crippen molar-refractivity contribution < 1.29 is 0 Å². The molecule has 0 spiro atoms. The van der Waals surface area contributed by atoms with Gasteiger partial charge in [0.05, 0.1) is 0 Å². The highest BCUT2D eigenvalue weighted by molar-refractivity contribution is 7.99. The fourth-order valence-electron chi connectivity index (χ4n) is 1.10. The lowest BCUT2D eigenvalue weighted by atomic mass is 10.2. The fourth-order valence-corrected chi connectivity index (χ4v) is 2.33. The van der Waals surface area contributed by atoms with Crippen LogP contribution in [0.15, 0.2) is 0 Å². The van der Waals surface area contributed by atoms with Crippen LogP contribution in [0.4, 0.5) is 0 Å². The van der Waals surface area contributed by atoms with Gasteiger partial charge in [-0.15, -0.1) is 0 Å². The number of hydrogen-bond acceptors (Lipinski definition) is 3. The molecule has 0 aliphatic carbocycles. The molecule has 2 nitrogen and oxygen atoms in total. The number of nitrogens with one attached hydrogen (secondary N) is 1. The zero-order valence-corrected chi connectivity index (χ0v) is 11.2. The molecule has 14 heavy (non-hydrogen) atoms. The molecule has 0 heterocycles. The summed E-state index contributed by atoms with van der Waals surface area (Å²) in [7, 11) is 4.26. The van der Waals surface area contributed by atoms with Gasteiger partial charge >= 0.3 is 0 Å². The van der Waals surface area contributed by atoms with Gasteiger partial charge in [-0.25, -0.2) is 0 Å². The Bertz CT molecular complexity index is 128. The van der Waals surface area contributed by atoms with Gasteiger partial charge in [0.15, 0.2) is 0 Å². The number of hydrogen-bond donors (Lipinski definition) is 1. The Morgan fingerprint density at radius 1 is 1.29 bits per heavy atom. The monoisotopic (exact) mass is 218 g/mol. The summed E-state index contributed by atoms with van der Waals surface area (Å²) in [6.07, 6.45) is 1.22. The number of nitrogens with zero attached hydrogens (tertiary/aromatic N) is 1. The fraction of sp³-hybridized carbons (Fsp3) is 1.00. The smallest absolute Gasteiger partial charge is 0.0170 e. The highest BCUT2D eigenvalue weighted by Crippen LogP contribution is 2.13. The molecule has 3 heteroatoms. The van der Waals surface area contributed by atoms with Crippen molar-refractivity contribution in [2.24, 2.45) is 0 Å². The second-order valence-electron chi connectivity index (χ2n) is 4.12. The van der Waals surface area contributed by atoms with E-state index >= 15 is 0 Å². The Balaban J connectivity index is 3.46. The van der Waals surface area contributed by atoms with E-state index in [1.54, 1.807) is 0 Å². The van der Waals surface area contributed by atoms with E-state index in [2.05, 4.69) is 56.8 Å². The van der Waals surface area contributed by atoms with Crippen LogP contribution < -0.4 is 5.32 Å². The van der Waals surface area contributed by atoms with Gasteiger partial charge in [0.25, 0.3) is 0 Å². The molecule has 0 amide bonds. The van der Waals surface area contributed by atoms with E-state index in [9.17, 15) is 0 Å². The van der Waals surface area contributed by atoms with Crippen molar-refractivity contribution >= 4 is 11.8 Å². The van der Waals surface area contributed by atoms with E-state index in [4.69, 9.17) is 0 Å². The molecule has 2 atom stereocenters. The summed E-state index contributed by atoms with van der Waals surface area (Å²) >= 11 is 2.06. The lowest BCUT2D eigenvalue weighted by molar-refractivity contribution is 0.437. The van der Waals surface area contributed by atoms with E-state index in [1.165, 1.54) is 18.7 Å². The quantitative estimate of drug-likeness (QED) is 0.671. The summed E-state index contributed by atoms with van der Waals surface area (Å²) in [5, 5.41) is 4.25. The summed E-state index contributed by atoms with van der Waals surface area (Å²) in [5.41, 5.74) is 0. The maximum absolute atomic E-state index is 3.54. The van der Waals surface area contributed by atoms with Gasteiger partial charge < -0.3 is 10.2 Å². The molecule has 0 aromatic carbocycles. The van der Waals surface area contributed by atoms with Gasteiger partial charge in [0.1, 0.15) is 0 Å². The summed E-state index contributed by atoms with van der Waals surface area (Å²) in [5.74, 6) is 1.23. The van der Waals surface area contributed by atoms with E-state index in [0.717, 1.165) is 6.54 Å². The highest BCUT2D eigenvalue weighted by Gasteiger charge is 2.10. The normalized spacial score (nSPS) is 15.9. The van der Waals surface area contributed by atoms with E-state index < -0.39 is 0 Å². The number of thioether (sulfide) groups is 1. The standard InChI is InChI=1S/C11H26N2S/c1-6-7-12-10(2)11(3)14-9-8-13(4)5/h10-12H,6-9H2,1-5H3. The van der Waals surface area contributed by atoms with E-state index in [-0.39, 0.29) is 0 Å². The first-order chi connectivity index (χ1) is 6.57. The predicted molar refractivity (Wildman–Crippen MR) is 68.2 cm³/mol. The average Bonchev–Trinajstić information content (AvgIpc) is 2.13. The third-order valence-electron chi connectivity index (χ3n) is 2.34. The lowest BCUT2D eigenvalue weighted by Crippen LogP contribution is -2.34. The van der Waals surface area contributed by atoms with Crippen molar-refractivity contribution in [3.05, 3.63) is 0 Å². The number of rotatable bonds is 8. The Morgan fingerprint density at radius 2 is 1.93 bits per heavy atom. The molecule has 0 aliphatic rings. The van der Waals surface area contributed by atoms with Crippen LogP contribution in [0.5, 0.6) is 0 Å².